The van der Waals surface area contributed by atoms with E-state index in [4.69, 9.17) is 0 Å². The van der Waals surface area contributed by atoms with Crippen LogP contribution in [-0.4, -0.2) is 58.6 Å². The molecule has 1 saturated heterocycles. The van der Waals surface area contributed by atoms with Gasteiger partial charge in [-0.15, -0.1) is 0 Å². The Labute approximate surface area is 133 Å². The number of rotatable bonds is 5. The molecule has 0 bridgehead atoms. The van der Waals surface area contributed by atoms with Gasteiger partial charge in [-0.2, -0.15) is 0 Å². The normalized spacial score (nSPS) is 19.0. The summed E-state index contributed by atoms with van der Waals surface area (Å²) in [5.74, 6) is 1.48. The Bertz CT molecular complexity index is 483. The van der Waals surface area contributed by atoms with Gasteiger partial charge in [0.25, 0.3) is 0 Å². The molecule has 1 aromatic heterocycles. The maximum absolute atomic E-state index is 12.4. The molecule has 2 heterocycles. The lowest BCUT2D eigenvalue weighted by Crippen LogP contribution is -2.50. The highest BCUT2D eigenvalue weighted by Gasteiger charge is 2.24. The predicted octanol–water partition coefficient (Wildman–Crippen LogP) is 1.77. The molecule has 1 N–H and O–H groups in total. The van der Waals surface area contributed by atoms with E-state index in [1.807, 2.05) is 11.1 Å². The van der Waals surface area contributed by atoms with E-state index in [1.54, 1.807) is 6.20 Å². The highest BCUT2D eigenvalue weighted by Crippen LogP contribution is 2.13. The second kappa shape index (κ2) is 7.63. The molecular formula is C16H29N5O. The number of nitrogens with one attached hydrogen (secondary N) is 1. The van der Waals surface area contributed by atoms with Gasteiger partial charge in [-0.1, -0.05) is 13.8 Å². The molecule has 1 aliphatic rings. The van der Waals surface area contributed by atoms with E-state index >= 15 is 0 Å². The molecule has 1 fully saturated rings. The van der Waals surface area contributed by atoms with Crippen LogP contribution in [0, 0.1) is 5.92 Å². The second-order valence-electron chi connectivity index (χ2n) is 6.75. The number of carbonyl (C=O) groups excluding carboxylic acids is 1. The second-order valence-corrected chi connectivity index (χ2v) is 6.75. The number of piperidine rings is 1. The summed E-state index contributed by atoms with van der Waals surface area (Å²) in [5, 5.41) is 3.01. The van der Waals surface area contributed by atoms with E-state index in [2.05, 4.69) is 47.7 Å². The molecule has 2 amide bonds. The summed E-state index contributed by atoms with van der Waals surface area (Å²) < 4.78 is 2.11. The largest absolute Gasteiger partial charge is 0.333 e. The van der Waals surface area contributed by atoms with E-state index in [1.165, 1.54) is 0 Å². The number of likely N-dealkylation sites (N-methyl/N-ethyl adjacent to an activating group) is 1. The van der Waals surface area contributed by atoms with Crippen molar-refractivity contribution in [2.45, 2.75) is 45.8 Å². The van der Waals surface area contributed by atoms with Crippen LogP contribution < -0.4 is 5.32 Å². The molecule has 6 heteroatoms. The number of aromatic nitrogens is 2. The number of imidazole rings is 1. The van der Waals surface area contributed by atoms with Crippen LogP contribution in [0.2, 0.25) is 0 Å². The summed E-state index contributed by atoms with van der Waals surface area (Å²) in [4.78, 5) is 20.8. The van der Waals surface area contributed by atoms with Crippen molar-refractivity contribution < 1.29 is 4.79 Å². The number of carbonyl (C=O) groups is 1. The Morgan fingerprint density at radius 3 is 2.95 bits per heavy atom. The van der Waals surface area contributed by atoms with Gasteiger partial charge >= 0.3 is 6.03 Å². The molecule has 0 aromatic carbocycles. The standard InChI is InChI=1S/C16H29N5O/c1-13(2)11-20-9-7-17-15(20)10-18-16(22)21-8-5-6-14(12-21)19(3)4/h7,9,13-14H,5-6,8,10-12H2,1-4H3,(H,18,22). The van der Waals surface area contributed by atoms with Crippen LogP contribution in [0.4, 0.5) is 4.79 Å². The lowest BCUT2D eigenvalue weighted by molar-refractivity contribution is 0.139. The summed E-state index contributed by atoms with van der Waals surface area (Å²) in [5.41, 5.74) is 0. The van der Waals surface area contributed by atoms with E-state index < -0.39 is 0 Å². The summed E-state index contributed by atoms with van der Waals surface area (Å²) in [6.45, 7) is 7.42. The molecule has 124 valence electrons. The number of urea groups is 1. The van der Waals surface area contributed by atoms with Crippen molar-refractivity contribution in [3.63, 3.8) is 0 Å². The van der Waals surface area contributed by atoms with Gasteiger partial charge in [0.15, 0.2) is 0 Å². The number of hydrogen-bond donors (Lipinski definition) is 1. The van der Waals surface area contributed by atoms with Gasteiger partial charge in [0.05, 0.1) is 6.54 Å². The molecule has 0 saturated carbocycles. The average molecular weight is 307 g/mol. The fraction of sp³-hybridized carbons (Fsp3) is 0.750. The average Bonchev–Trinajstić information content (AvgIpc) is 2.91. The maximum Gasteiger partial charge on any atom is 0.317 e. The Morgan fingerprint density at radius 1 is 1.50 bits per heavy atom. The van der Waals surface area contributed by atoms with Gasteiger partial charge in [0.2, 0.25) is 0 Å². The number of nitrogens with zero attached hydrogens (tertiary/aromatic N) is 4. The lowest BCUT2D eigenvalue weighted by atomic mass is 10.1. The summed E-state index contributed by atoms with van der Waals surface area (Å²) in [6.07, 6.45) is 6.01. The fourth-order valence-electron chi connectivity index (χ4n) is 2.89. The van der Waals surface area contributed by atoms with Crippen LogP contribution in [0.25, 0.3) is 0 Å². The molecule has 22 heavy (non-hydrogen) atoms. The van der Waals surface area contributed by atoms with Crippen molar-refractivity contribution in [2.24, 2.45) is 5.92 Å². The molecule has 0 radical (unpaired) electrons. The topological polar surface area (TPSA) is 53.4 Å². The Morgan fingerprint density at radius 2 is 2.27 bits per heavy atom. The zero-order chi connectivity index (χ0) is 16.1. The highest BCUT2D eigenvalue weighted by atomic mass is 16.2. The Balaban J connectivity index is 1.86. The van der Waals surface area contributed by atoms with Crippen molar-refractivity contribution in [1.29, 1.82) is 0 Å². The molecule has 1 aromatic rings. The minimum absolute atomic E-state index is 0.0191. The van der Waals surface area contributed by atoms with Gasteiger partial charge in [-0.25, -0.2) is 9.78 Å². The first kappa shape index (κ1) is 16.8. The minimum Gasteiger partial charge on any atom is -0.333 e. The molecule has 0 aliphatic carbocycles. The monoisotopic (exact) mass is 307 g/mol. The first-order valence-corrected chi connectivity index (χ1v) is 8.16. The SMILES string of the molecule is CC(C)Cn1ccnc1CNC(=O)N1CCCC(N(C)C)C1. The van der Waals surface area contributed by atoms with Crippen LogP contribution in [0.5, 0.6) is 0 Å². The van der Waals surface area contributed by atoms with Crippen molar-refractivity contribution in [3.8, 4) is 0 Å². The number of amides is 2. The minimum atomic E-state index is 0.0191. The molecular weight excluding hydrogens is 278 g/mol. The molecule has 1 atom stereocenters. The van der Waals surface area contributed by atoms with Gasteiger partial charge in [0.1, 0.15) is 5.82 Å². The van der Waals surface area contributed by atoms with Crippen molar-refractivity contribution in [3.05, 3.63) is 18.2 Å². The van der Waals surface area contributed by atoms with Crippen LogP contribution in [0.1, 0.15) is 32.5 Å². The zero-order valence-corrected chi connectivity index (χ0v) is 14.2. The van der Waals surface area contributed by atoms with E-state index in [0.29, 0.717) is 18.5 Å². The number of hydrogen-bond acceptors (Lipinski definition) is 3. The van der Waals surface area contributed by atoms with Crippen molar-refractivity contribution >= 4 is 6.03 Å². The highest BCUT2D eigenvalue weighted by molar-refractivity contribution is 5.74. The fourth-order valence-corrected chi connectivity index (χ4v) is 2.89. The third-order valence-corrected chi connectivity index (χ3v) is 4.18. The molecule has 0 spiro atoms. The third-order valence-electron chi connectivity index (χ3n) is 4.18. The van der Waals surface area contributed by atoms with Crippen molar-refractivity contribution in [2.75, 3.05) is 27.2 Å². The van der Waals surface area contributed by atoms with Crippen LogP contribution >= 0.6 is 0 Å². The van der Waals surface area contributed by atoms with Gasteiger partial charge in [-0.05, 0) is 32.9 Å². The van der Waals surface area contributed by atoms with E-state index in [-0.39, 0.29) is 6.03 Å². The third kappa shape index (κ3) is 4.47. The Kier molecular flexibility index (Phi) is 5.83. The van der Waals surface area contributed by atoms with E-state index in [0.717, 1.165) is 38.3 Å². The lowest BCUT2D eigenvalue weighted by Gasteiger charge is -2.36. The smallest absolute Gasteiger partial charge is 0.317 e. The maximum atomic E-state index is 12.4. The predicted molar refractivity (Wildman–Crippen MR) is 87.6 cm³/mol. The van der Waals surface area contributed by atoms with E-state index in [9.17, 15) is 4.79 Å². The quantitative estimate of drug-likeness (QED) is 0.902. The Hall–Kier alpha value is -1.56. The van der Waals surface area contributed by atoms with Crippen LogP contribution in [-0.2, 0) is 13.1 Å². The van der Waals surface area contributed by atoms with Gasteiger partial charge in [0, 0.05) is 38.1 Å². The molecule has 2 rings (SSSR count). The van der Waals surface area contributed by atoms with Gasteiger partial charge < -0.3 is 19.7 Å². The van der Waals surface area contributed by atoms with Crippen molar-refractivity contribution in [1.82, 2.24) is 24.7 Å². The molecule has 1 unspecified atom stereocenters. The first-order valence-electron chi connectivity index (χ1n) is 8.16. The van der Waals surface area contributed by atoms with Crippen LogP contribution in [0.3, 0.4) is 0 Å². The molecule has 1 aliphatic heterocycles. The molecule has 6 nitrogen and oxygen atoms in total. The zero-order valence-electron chi connectivity index (χ0n) is 14.2. The van der Waals surface area contributed by atoms with Gasteiger partial charge in [-0.3, -0.25) is 0 Å². The number of likely N-dealkylation sites (tertiary alicyclic amines) is 1. The summed E-state index contributed by atoms with van der Waals surface area (Å²) in [6, 6.07) is 0.480. The summed E-state index contributed by atoms with van der Waals surface area (Å²) >= 11 is 0. The summed E-state index contributed by atoms with van der Waals surface area (Å²) in [7, 11) is 4.16. The first-order chi connectivity index (χ1) is 10.5. The van der Waals surface area contributed by atoms with Crippen LogP contribution in [0.15, 0.2) is 12.4 Å².